The number of rotatable bonds is 7. The quantitative estimate of drug-likeness (QED) is 0.393. The predicted octanol–water partition coefficient (Wildman–Crippen LogP) is 4.96. The zero-order chi connectivity index (χ0) is 25.2. The summed E-state index contributed by atoms with van der Waals surface area (Å²) in [5.41, 5.74) is 2.86. The summed E-state index contributed by atoms with van der Waals surface area (Å²) in [7, 11) is -2.26. The highest BCUT2D eigenvalue weighted by molar-refractivity contribution is 9.10. The number of morpholine rings is 1. The summed E-state index contributed by atoms with van der Waals surface area (Å²) in [4.78, 5) is 12.2. The van der Waals surface area contributed by atoms with Gasteiger partial charge in [-0.05, 0) is 66.0 Å². The molecule has 11 heteroatoms. The van der Waals surface area contributed by atoms with Crippen molar-refractivity contribution in [2.75, 3.05) is 43.0 Å². The maximum Gasteiger partial charge on any atom is 0.262 e. The SMILES string of the molecule is COc1ccc(NS(=O)(=O)c2c(C)cc(C)cc2C)c(Sc2nc(N3CCOCC3)ncc2Br)c1. The second-order valence-corrected chi connectivity index (χ2v) is 11.7. The molecule has 1 aromatic heterocycles. The van der Waals surface area contributed by atoms with E-state index < -0.39 is 10.0 Å². The van der Waals surface area contributed by atoms with E-state index in [1.165, 1.54) is 11.8 Å². The summed E-state index contributed by atoms with van der Waals surface area (Å²) < 4.78 is 41.2. The largest absolute Gasteiger partial charge is 0.497 e. The fraction of sp³-hybridized carbons (Fsp3) is 0.333. The van der Waals surface area contributed by atoms with Crippen LogP contribution in [0.2, 0.25) is 0 Å². The topological polar surface area (TPSA) is 93.6 Å². The van der Waals surface area contributed by atoms with E-state index in [-0.39, 0.29) is 4.90 Å². The van der Waals surface area contributed by atoms with Gasteiger partial charge in [-0.2, -0.15) is 0 Å². The molecule has 1 aliphatic heterocycles. The van der Waals surface area contributed by atoms with Crippen molar-refractivity contribution in [3.8, 4) is 5.75 Å². The smallest absolute Gasteiger partial charge is 0.262 e. The van der Waals surface area contributed by atoms with E-state index in [0.29, 0.717) is 69.2 Å². The zero-order valence-corrected chi connectivity index (χ0v) is 23.2. The Morgan fingerprint density at radius 1 is 1.11 bits per heavy atom. The van der Waals surface area contributed by atoms with Gasteiger partial charge in [0.2, 0.25) is 5.95 Å². The average molecular weight is 580 g/mol. The normalized spacial score (nSPS) is 14.1. The first-order valence-corrected chi connectivity index (χ1v) is 14.1. The number of aryl methyl sites for hydroxylation is 3. The van der Waals surface area contributed by atoms with Gasteiger partial charge in [-0.25, -0.2) is 18.4 Å². The van der Waals surface area contributed by atoms with Gasteiger partial charge in [0.25, 0.3) is 10.0 Å². The maximum absolute atomic E-state index is 13.4. The lowest BCUT2D eigenvalue weighted by atomic mass is 10.1. The number of methoxy groups -OCH3 is 1. The Kier molecular flexibility index (Phi) is 7.89. The van der Waals surface area contributed by atoms with Crippen molar-refractivity contribution < 1.29 is 17.9 Å². The van der Waals surface area contributed by atoms with Crippen LogP contribution >= 0.6 is 27.7 Å². The second kappa shape index (κ2) is 10.7. The minimum absolute atomic E-state index is 0.285. The fourth-order valence-electron chi connectivity index (χ4n) is 4.02. The van der Waals surface area contributed by atoms with Gasteiger partial charge in [-0.1, -0.05) is 29.5 Å². The van der Waals surface area contributed by atoms with E-state index in [0.717, 1.165) is 5.56 Å². The van der Waals surface area contributed by atoms with Crippen LogP contribution in [0.1, 0.15) is 16.7 Å². The Hall–Kier alpha value is -2.34. The molecule has 4 rings (SSSR count). The fourth-order valence-corrected chi connectivity index (χ4v) is 6.94. The number of aromatic nitrogens is 2. The number of sulfonamides is 1. The Morgan fingerprint density at radius 2 is 1.80 bits per heavy atom. The van der Waals surface area contributed by atoms with Gasteiger partial charge < -0.3 is 14.4 Å². The Morgan fingerprint density at radius 3 is 2.46 bits per heavy atom. The van der Waals surface area contributed by atoms with Crippen LogP contribution in [-0.2, 0) is 14.8 Å². The van der Waals surface area contributed by atoms with Gasteiger partial charge in [0.15, 0.2) is 0 Å². The molecule has 0 amide bonds. The van der Waals surface area contributed by atoms with Crippen molar-refractivity contribution in [3.05, 3.63) is 57.7 Å². The van der Waals surface area contributed by atoms with E-state index >= 15 is 0 Å². The van der Waals surface area contributed by atoms with Crippen molar-refractivity contribution in [1.82, 2.24) is 9.97 Å². The van der Waals surface area contributed by atoms with Gasteiger partial charge in [0.05, 0.1) is 35.4 Å². The third-order valence-corrected chi connectivity index (χ3v) is 9.08. The van der Waals surface area contributed by atoms with Crippen molar-refractivity contribution >= 4 is 49.4 Å². The molecule has 0 atom stereocenters. The monoisotopic (exact) mass is 578 g/mol. The number of hydrogen-bond donors (Lipinski definition) is 1. The van der Waals surface area contributed by atoms with Crippen LogP contribution < -0.4 is 14.4 Å². The zero-order valence-electron chi connectivity index (χ0n) is 20.0. The summed E-state index contributed by atoms with van der Waals surface area (Å²) >= 11 is 4.87. The highest BCUT2D eigenvalue weighted by atomic mass is 79.9. The van der Waals surface area contributed by atoms with Crippen LogP contribution in [0, 0.1) is 20.8 Å². The molecule has 186 valence electrons. The van der Waals surface area contributed by atoms with E-state index in [2.05, 4.69) is 30.5 Å². The molecule has 0 bridgehead atoms. The molecule has 35 heavy (non-hydrogen) atoms. The molecule has 0 unspecified atom stereocenters. The van der Waals surface area contributed by atoms with E-state index in [9.17, 15) is 8.42 Å². The lowest BCUT2D eigenvalue weighted by Crippen LogP contribution is -2.37. The molecule has 2 heterocycles. The first-order chi connectivity index (χ1) is 16.7. The number of nitrogens with one attached hydrogen (secondary N) is 1. The summed E-state index contributed by atoms with van der Waals surface area (Å²) in [6.45, 7) is 8.25. The van der Waals surface area contributed by atoms with Crippen molar-refractivity contribution in [2.24, 2.45) is 0 Å². The first kappa shape index (κ1) is 25.7. The third kappa shape index (κ3) is 5.91. The molecule has 8 nitrogen and oxygen atoms in total. The van der Waals surface area contributed by atoms with Crippen LogP contribution in [0.15, 0.2) is 55.8 Å². The summed E-state index contributed by atoms with van der Waals surface area (Å²) in [6.07, 6.45) is 1.71. The van der Waals surface area contributed by atoms with E-state index in [1.54, 1.807) is 31.5 Å². The lowest BCUT2D eigenvalue weighted by molar-refractivity contribution is 0.122. The van der Waals surface area contributed by atoms with Crippen molar-refractivity contribution in [1.29, 1.82) is 0 Å². The molecular weight excluding hydrogens is 552 g/mol. The van der Waals surface area contributed by atoms with Crippen molar-refractivity contribution in [3.63, 3.8) is 0 Å². The molecule has 0 spiro atoms. The summed E-state index contributed by atoms with van der Waals surface area (Å²) in [5.74, 6) is 1.21. The van der Waals surface area contributed by atoms with E-state index in [1.807, 2.05) is 32.9 Å². The van der Waals surface area contributed by atoms with Crippen LogP contribution in [0.25, 0.3) is 0 Å². The Balaban J connectivity index is 1.70. The molecule has 0 saturated carbocycles. The number of benzene rings is 2. The highest BCUT2D eigenvalue weighted by Gasteiger charge is 2.23. The van der Waals surface area contributed by atoms with Gasteiger partial charge >= 0.3 is 0 Å². The summed E-state index contributed by atoms with van der Waals surface area (Å²) in [5, 5.41) is 0.665. The van der Waals surface area contributed by atoms with Gasteiger partial charge in [-0.15, -0.1) is 0 Å². The van der Waals surface area contributed by atoms with Crippen LogP contribution in [0.4, 0.5) is 11.6 Å². The number of anilines is 2. The second-order valence-electron chi connectivity index (χ2n) is 8.22. The Labute approximate surface area is 218 Å². The third-order valence-electron chi connectivity index (χ3n) is 5.51. The van der Waals surface area contributed by atoms with Gasteiger partial charge in [0.1, 0.15) is 10.8 Å². The summed E-state index contributed by atoms with van der Waals surface area (Å²) in [6, 6.07) is 8.97. The maximum atomic E-state index is 13.4. The molecule has 2 aromatic carbocycles. The van der Waals surface area contributed by atoms with E-state index in [4.69, 9.17) is 14.5 Å². The number of ether oxygens (including phenoxy) is 2. The Bertz CT molecular complexity index is 1320. The minimum Gasteiger partial charge on any atom is -0.497 e. The van der Waals surface area contributed by atoms with Crippen LogP contribution in [0.5, 0.6) is 5.75 Å². The molecule has 1 fully saturated rings. The highest BCUT2D eigenvalue weighted by Crippen LogP contribution is 2.39. The van der Waals surface area contributed by atoms with Crippen LogP contribution in [-0.4, -0.2) is 51.8 Å². The van der Waals surface area contributed by atoms with Crippen LogP contribution in [0.3, 0.4) is 0 Å². The minimum atomic E-state index is -3.83. The molecule has 1 saturated heterocycles. The average Bonchev–Trinajstić information content (AvgIpc) is 2.81. The van der Waals surface area contributed by atoms with Crippen molar-refractivity contribution in [2.45, 2.75) is 35.6 Å². The van der Waals surface area contributed by atoms with Gasteiger partial charge in [0, 0.05) is 24.2 Å². The molecule has 0 radical (unpaired) electrons. The number of halogens is 1. The number of hydrogen-bond acceptors (Lipinski definition) is 8. The number of nitrogens with zero attached hydrogens (tertiary/aromatic N) is 3. The predicted molar refractivity (Wildman–Crippen MR) is 141 cm³/mol. The molecule has 0 aliphatic carbocycles. The molecule has 1 N–H and O–H groups in total. The molecular formula is C24H27BrN4O4S2. The van der Waals surface area contributed by atoms with Gasteiger partial charge in [-0.3, -0.25) is 4.72 Å². The molecule has 3 aromatic rings. The standard InChI is InChI=1S/C24H27BrN4O4S2/c1-15-11-16(2)22(17(3)12-15)35(30,31)28-20-6-5-18(32-4)13-21(20)34-23-19(25)14-26-24(27-23)29-7-9-33-10-8-29/h5-6,11-14,28H,7-10H2,1-4H3. The lowest BCUT2D eigenvalue weighted by Gasteiger charge is -2.27. The molecule has 1 aliphatic rings. The first-order valence-electron chi connectivity index (χ1n) is 11.0.